The number of fused-ring (bicyclic) bond motifs is 1. The SMILES string of the molecule is COC(=O)c1c(NC(=O)C(C)Sc2nc(-c3ccco3)c(-c3ccco3)[nH]2)sc2c1CCC(c1ccccc1)C2. The van der Waals surface area contributed by atoms with E-state index in [2.05, 4.69) is 39.6 Å². The number of H-pyrrole nitrogens is 1. The zero-order chi connectivity index (χ0) is 27.6. The summed E-state index contributed by atoms with van der Waals surface area (Å²) < 4.78 is 16.3. The molecular weight excluding hydrogens is 546 g/mol. The third-order valence-electron chi connectivity index (χ3n) is 7.02. The van der Waals surface area contributed by atoms with E-state index < -0.39 is 11.2 Å². The molecule has 0 fully saturated rings. The van der Waals surface area contributed by atoms with Gasteiger partial charge >= 0.3 is 5.97 Å². The summed E-state index contributed by atoms with van der Waals surface area (Å²) in [6, 6.07) is 17.7. The Morgan fingerprint density at radius 3 is 2.55 bits per heavy atom. The number of anilines is 1. The lowest BCUT2D eigenvalue weighted by Crippen LogP contribution is -2.23. The fourth-order valence-electron chi connectivity index (χ4n) is 5.03. The van der Waals surface area contributed by atoms with Crippen LogP contribution in [0.2, 0.25) is 0 Å². The van der Waals surface area contributed by atoms with Gasteiger partial charge in [0.2, 0.25) is 5.91 Å². The first kappa shape index (κ1) is 26.2. The second-order valence-corrected chi connectivity index (χ2v) is 12.0. The van der Waals surface area contributed by atoms with E-state index >= 15 is 0 Å². The van der Waals surface area contributed by atoms with E-state index in [9.17, 15) is 9.59 Å². The van der Waals surface area contributed by atoms with Crippen LogP contribution in [0.15, 0.2) is 81.1 Å². The van der Waals surface area contributed by atoms with Gasteiger partial charge < -0.3 is 23.9 Å². The molecule has 0 saturated carbocycles. The summed E-state index contributed by atoms with van der Waals surface area (Å²) >= 11 is 2.75. The second kappa shape index (κ2) is 11.2. The number of carbonyl (C=O) groups excluding carboxylic acids is 2. The highest BCUT2D eigenvalue weighted by atomic mass is 32.2. The minimum absolute atomic E-state index is 0.233. The predicted molar refractivity (Wildman–Crippen MR) is 155 cm³/mol. The first-order valence-corrected chi connectivity index (χ1v) is 14.6. The highest BCUT2D eigenvalue weighted by Crippen LogP contribution is 2.43. The van der Waals surface area contributed by atoms with Crippen molar-refractivity contribution in [3.05, 3.63) is 88.7 Å². The highest BCUT2D eigenvalue weighted by molar-refractivity contribution is 8.00. The fourth-order valence-corrected chi connectivity index (χ4v) is 7.16. The van der Waals surface area contributed by atoms with Gasteiger partial charge in [-0.25, -0.2) is 9.78 Å². The zero-order valence-corrected chi connectivity index (χ0v) is 23.6. The van der Waals surface area contributed by atoms with Crippen LogP contribution in [0.3, 0.4) is 0 Å². The Hall–Kier alpha value is -4.02. The van der Waals surface area contributed by atoms with Crippen LogP contribution in [-0.2, 0) is 22.4 Å². The molecule has 2 N–H and O–H groups in total. The molecule has 1 amide bonds. The van der Waals surface area contributed by atoms with Gasteiger partial charge in [0, 0.05) is 4.88 Å². The lowest BCUT2D eigenvalue weighted by molar-refractivity contribution is -0.115. The number of nitrogens with one attached hydrogen (secondary N) is 2. The molecule has 204 valence electrons. The number of hydrogen-bond donors (Lipinski definition) is 2. The van der Waals surface area contributed by atoms with Crippen molar-refractivity contribution in [1.29, 1.82) is 0 Å². The molecule has 0 saturated heterocycles. The molecule has 0 radical (unpaired) electrons. The van der Waals surface area contributed by atoms with Crippen molar-refractivity contribution in [3.8, 4) is 22.9 Å². The molecule has 1 aromatic carbocycles. The number of hydrogen-bond acceptors (Lipinski definition) is 8. The average molecular weight is 574 g/mol. The van der Waals surface area contributed by atoms with Gasteiger partial charge in [0.05, 0.1) is 30.4 Å². The molecule has 2 unspecified atom stereocenters. The van der Waals surface area contributed by atoms with E-state index in [1.54, 1.807) is 31.6 Å². The number of esters is 1. The van der Waals surface area contributed by atoms with Crippen LogP contribution in [0.1, 0.15) is 45.6 Å². The largest absolute Gasteiger partial charge is 0.465 e. The van der Waals surface area contributed by atoms with Crippen molar-refractivity contribution < 1.29 is 23.2 Å². The van der Waals surface area contributed by atoms with Crippen LogP contribution in [0.5, 0.6) is 0 Å². The molecule has 0 spiro atoms. The molecule has 8 nitrogen and oxygen atoms in total. The van der Waals surface area contributed by atoms with Gasteiger partial charge in [-0.3, -0.25) is 4.79 Å². The number of carbonyl (C=O) groups is 2. The molecule has 0 aliphatic heterocycles. The summed E-state index contributed by atoms with van der Waals surface area (Å²) in [4.78, 5) is 35.3. The minimum Gasteiger partial charge on any atom is -0.465 e. The smallest absolute Gasteiger partial charge is 0.341 e. The molecular formula is C30H27N3O5S2. The summed E-state index contributed by atoms with van der Waals surface area (Å²) in [7, 11) is 1.37. The fraction of sp³-hybridized carbons (Fsp3) is 0.233. The third kappa shape index (κ3) is 5.12. The Bertz CT molecular complexity index is 1570. The molecule has 40 heavy (non-hydrogen) atoms. The lowest BCUT2D eigenvalue weighted by atomic mass is 9.83. The number of amides is 1. The maximum absolute atomic E-state index is 13.4. The molecule has 4 heterocycles. The molecule has 5 aromatic rings. The van der Waals surface area contributed by atoms with Gasteiger partial charge in [0.25, 0.3) is 0 Å². The third-order valence-corrected chi connectivity index (χ3v) is 9.18. The van der Waals surface area contributed by atoms with Crippen LogP contribution in [0.4, 0.5) is 5.00 Å². The van der Waals surface area contributed by atoms with Gasteiger partial charge in [-0.05, 0) is 67.5 Å². The predicted octanol–water partition coefficient (Wildman–Crippen LogP) is 7.17. The van der Waals surface area contributed by atoms with Crippen LogP contribution >= 0.6 is 23.1 Å². The average Bonchev–Trinajstić information content (AvgIpc) is 3.78. The lowest BCUT2D eigenvalue weighted by Gasteiger charge is -2.22. The van der Waals surface area contributed by atoms with Crippen molar-refractivity contribution >= 4 is 40.0 Å². The maximum Gasteiger partial charge on any atom is 0.341 e. The van der Waals surface area contributed by atoms with Crippen molar-refractivity contribution in [2.24, 2.45) is 0 Å². The molecule has 4 aromatic heterocycles. The minimum atomic E-state index is -0.512. The van der Waals surface area contributed by atoms with Crippen LogP contribution in [0.25, 0.3) is 22.9 Å². The van der Waals surface area contributed by atoms with Crippen LogP contribution < -0.4 is 5.32 Å². The maximum atomic E-state index is 13.4. The van der Waals surface area contributed by atoms with Gasteiger partial charge in [-0.2, -0.15) is 0 Å². The van der Waals surface area contributed by atoms with Gasteiger partial charge in [0.15, 0.2) is 16.7 Å². The first-order valence-electron chi connectivity index (χ1n) is 12.9. The van der Waals surface area contributed by atoms with Crippen molar-refractivity contribution in [2.75, 3.05) is 12.4 Å². The van der Waals surface area contributed by atoms with E-state index in [0.29, 0.717) is 44.5 Å². The number of imidazole rings is 1. The summed E-state index contributed by atoms with van der Waals surface area (Å²) in [5.74, 6) is 0.921. The summed E-state index contributed by atoms with van der Waals surface area (Å²) in [5.41, 5.74) is 4.01. The number of nitrogens with zero attached hydrogens (tertiary/aromatic N) is 1. The Morgan fingerprint density at radius 1 is 1.10 bits per heavy atom. The van der Waals surface area contributed by atoms with Gasteiger partial charge in [0.1, 0.15) is 16.4 Å². The van der Waals surface area contributed by atoms with Crippen LogP contribution in [-0.4, -0.2) is 34.2 Å². The molecule has 10 heteroatoms. The van der Waals surface area contributed by atoms with Crippen molar-refractivity contribution in [1.82, 2.24) is 9.97 Å². The number of aromatic amines is 1. The number of thiophene rings is 1. The Labute approximate surface area is 239 Å². The van der Waals surface area contributed by atoms with E-state index in [1.807, 2.05) is 18.2 Å². The number of rotatable bonds is 8. The molecule has 1 aliphatic carbocycles. The Morgan fingerprint density at radius 2 is 1.85 bits per heavy atom. The monoisotopic (exact) mass is 573 g/mol. The summed E-state index contributed by atoms with van der Waals surface area (Å²) in [5, 5.41) is 3.58. The van der Waals surface area contributed by atoms with Gasteiger partial charge in [-0.1, -0.05) is 42.1 Å². The molecule has 6 rings (SSSR count). The topological polar surface area (TPSA) is 110 Å². The zero-order valence-electron chi connectivity index (χ0n) is 21.9. The second-order valence-electron chi connectivity index (χ2n) is 9.52. The van der Waals surface area contributed by atoms with Crippen LogP contribution in [0, 0.1) is 0 Å². The number of benzene rings is 1. The first-order chi connectivity index (χ1) is 19.5. The number of furan rings is 2. The van der Waals surface area contributed by atoms with E-state index in [1.165, 1.54) is 35.8 Å². The number of thioether (sulfide) groups is 1. The Balaban J connectivity index is 1.22. The summed E-state index contributed by atoms with van der Waals surface area (Å²) in [6.45, 7) is 1.80. The number of aromatic nitrogens is 2. The molecule has 2 atom stereocenters. The quantitative estimate of drug-likeness (QED) is 0.150. The number of methoxy groups -OCH3 is 1. The highest BCUT2D eigenvalue weighted by Gasteiger charge is 2.31. The molecule has 1 aliphatic rings. The van der Waals surface area contributed by atoms with Crippen molar-refractivity contribution in [3.63, 3.8) is 0 Å². The van der Waals surface area contributed by atoms with E-state index in [4.69, 9.17) is 13.6 Å². The summed E-state index contributed by atoms with van der Waals surface area (Å²) in [6.07, 6.45) is 5.69. The van der Waals surface area contributed by atoms with E-state index in [0.717, 1.165) is 29.7 Å². The number of ether oxygens (including phenoxy) is 1. The van der Waals surface area contributed by atoms with E-state index in [-0.39, 0.29) is 5.91 Å². The normalized spacial score (nSPS) is 15.4. The molecule has 0 bridgehead atoms. The Kier molecular flexibility index (Phi) is 7.36. The van der Waals surface area contributed by atoms with Crippen molar-refractivity contribution in [2.45, 2.75) is 42.5 Å². The standard InChI is InChI=1S/C30H27N3O5S2/c1-17(39-30-31-25(21-10-6-14-37-21)26(32-30)22-11-7-15-38-22)27(34)33-28-24(29(35)36-2)20-13-12-19(16-23(20)40-28)18-8-4-3-5-9-18/h3-11,14-15,17,19H,12-13,16H2,1-2H3,(H,31,32)(H,33,34). The van der Waals surface area contributed by atoms with Gasteiger partial charge in [-0.15, -0.1) is 11.3 Å².